The maximum Gasteiger partial charge on any atom is 0.232 e. The molecule has 0 saturated heterocycles. The molecular weight excluding hydrogens is 508 g/mol. The second-order valence-electron chi connectivity index (χ2n) is 5.07. The molecule has 0 aliphatic rings. The highest BCUT2D eigenvalue weighted by molar-refractivity contribution is 7.92. The normalized spacial score (nSPS) is 10.7. The second-order valence-corrected chi connectivity index (χ2v) is 10.6. The van der Waals surface area contributed by atoms with E-state index < -0.39 is 19.9 Å². The van der Waals surface area contributed by atoms with E-state index in [1.165, 1.54) is 19.4 Å². The fourth-order valence-electron chi connectivity index (χ4n) is 1.47. The van der Waals surface area contributed by atoms with Crippen molar-refractivity contribution in [3.05, 3.63) is 38.8 Å². The lowest BCUT2D eigenvalue weighted by atomic mass is 10.4. The Kier molecular flexibility index (Phi) is 12.5. The van der Waals surface area contributed by atoms with Crippen LogP contribution in [0.3, 0.4) is 0 Å². The van der Waals surface area contributed by atoms with E-state index in [1.54, 1.807) is 0 Å². The highest BCUT2D eigenvalue weighted by atomic mass is 35.5. The number of anilines is 1. The van der Waals surface area contributed by atoms with Gasteiger partial charge in [0.25, 0.3) is 0 Å². The zero-order valence-corrected chi connectivity index (χ0v) is 18.7. The zero-order chi connectivity index (χ0) is 21.0. The van der Waals surface area contributed by atoms with Gasteiger partial charge in [-0.05, 0) is 23.2 Å². The molecule has 0 aromatic carbocycles. The van der Waals surface area contributed by atoms with Crippen molar-refractivity contribution in [2.45, 2.75) is 20.6 Å². The van der Waals surface area contributed by atoms with Crippen molar-refractivity contribution < 1.29 is 16.8 Å². The number of aromatic nitrogens is 4. The summed E-state index contributed by atoms with van der Waals surface area (Å²) in [6, 6.07) is 0. The summed E-state index contributed by atoms with van der Waals surface area (Å²) in [5.41, 5.74) is 0.548. The van der Waals surface area contributed by atoms with Crippen molar-refractivity contribution in [2.75, 3.05) is 23.9 Å². The lowest BCUT2D eigenvalue weighted by molar-refractivity contribution is 0.598. The van der Waals surface area contributed by atoms with Crippen molar-refractivity contribution in [3.8, 4) is 0 Å². The smallest absolute Gasteiger partial charge is 0.232 e. The van der Waals surface area contributed by atoms with Crippen LogP contribution in [0.4, 0.5) is 5.69 Å². The number of rotatable bonds is 4. The standard InChI is InChI=1S/C6H7Cl2N3O2S.C6H6Cl2N2O2S.2CH4/c1-11(14(2,12)13)4-3-9-6(8)10-5(4)7;1-13(11,12)3-4-2-9-6(8)10-5(4)7;;/h3H,1-2H3;2H,3H2,1H3;2*1H4. The summed E-state index contributed by atoms with van der Waals surface area (Å²) < 4.78 is 45.1. The van der Waals surface area contributed by atoms with Gasteiger partial charge in [0.1, 0.15) is 10.8 Å². The Labute approximate surface area is 191 Å². The average Bonchev–Trinajstić information content (AvgIpc) is 2.48. The topological polar surface area (TPSA) is 123 Å². The molecule has 0 aliphatic carbocycles. The predicted molar refractivity (Wildman–Crippen MR) is 119 cm³/mol. The molecule has 9 nitrogen and oxygen atoms in total. The van der Waals surface area contributed by atoms with Crippen LogP contribution >= 0.6 is 46.4 Å². The minimum atomic E-state index is -3.37. The van der Waals surface area contributed by atoms with Crippen LogP contribution in [0.2, 0.25) is 20.9 Å². The third-order valence-corrected chi connectivity index (χ3v) is 5.73. The van der Waals surface area contributed by atoms with Gasteiger partial charge in [-0.2, -0.15) is 0 Å². The number of sulfonamides is 1. The van der Waals surface area contributed by atoms with Crippen LogP contribution in [0.5, 0.6) is 0 Å². The van der Waals surface area contributed by atoms with Gasteiger partial charge in [0.2, 0.25) is 20.6 Å². The molecule has 29 heavy (non-hydrogen) atoms. The van der Waals surface area contributed by atoms with E-state index >= 15 is 0 Å². The fourth-order valence-corrected chi connectivity index (χ4v) is 3.67. The Morgan fingerprint density at radius 2 is 1.31 bits per heavy atom. The first kappa shape index (κ1) is 30.2. The Bertz CT molecular complexity index is 1040. The monoisotopic (exact) mass is 527 g/mol. The van der Waals surface area contributed by atoms with Crippen LogP contribution in [-0.4, -0.2) is 56.3 Å². The van der Waals surface area contributed by atoms with E-state index in [2.05, 4.69) is 19.9 Å². The van der Waals surface area contributed by atoms with E-state index in [4.69, 9.17) is 46.4 Å². The minimum Gasteiger partial charge on any atom is -0.269 e. The molecule has 2 aromatic heterocycles. The largest absolute Gasteiger partial charge is 0.269 e. The molecule has 0 N–H and O–H groups in total. The van der Waals surface area contributed by atoms with Gasteiger partial charge < -0.3 is 0 Å². The summed E-state index contributed by atoms with van der Waals surface area (Å²) >= 11 is 22.2. The van der Waals surface area contributed by atoms with Gasteiger partial charge in [-0.15, -0.1) is 0 Å². The molecule has 0 aliphatic heterocycles. The van der Waals surface area contributed by atoms with Crippen LogP contribution in [0.25, 0.3) is 0 Å². The van der Waals surface area contributed by atoms with Crippen molar-refractivity contribution in [1.29, 1.82) is 0 Å². The van der Waals surface area contributed by atoms with Crippen LogP contribution in [-0.2, 0) is 25.6 Å². The van der Waals surface area contributed by atoms with Gasteiger partial charge in [0.15, 0.2) is 15.0 Å². The molecule has 166 valence electrons. The Morgan fingerprint density at radius 3 is 1.69 bits per heavy atom. The van der Waals surface area contributed by atoms with Gasteiger partial charge in [-0.1, -0.05) is 38.1 Å². The number of hydrogen-bond acceptors (Lipinski definition) is 8. The molecule has 2 heterocycles. The molecule has 0 saturated carbocycles. The maximum atomic E-state index is 11.1. The summed E-state index contributed by atoms with van der Waals surface area (Å²) in [7, 11) is -5.13. The van der Waals surface area contributed by atoms with Gasteiger partial charge in [-0.25, -0.2) is 36.8 Å². The summed E-state index contributed by atoms with van der Waals surface area (Å²) in [5.74, 6) is -0.178. The SMILES string of the molecule is C.C.CN(c1cnc(Cl)nc1Cl)S(C)(=O)=O.CS(=O)(=O)Cc1cnc(Cl)nc1Cl. The average molecular weight is 529 g/mol. The molecule has 2 rings (SSSR count). The molecule has 2 aromatic rings. The Morgan fingerprint density at radius 1 is 0.862 bits per heavy atom. The quantitative estimate of drug-likeness (QED) is 0.433. The first-order chi connectivity index (χ1) is 12.2. The Balaban J connectivity index is 0. The van der Waals surface area contributed by atoms with Crippen LogP contribution in [0.15, 0.2) is 12.4 Å². The molecule has 0 atom stereocenters. The highest BCUT2D eigenvalue weighted by Crippen LogP contribution is 2.24. The number of sulfone groups is 1. The van der Waals surface area contributed by atoms with E-state index in [9.17, 15) is 16.8 Å². The van der Waals surface area contributed by atoms with E-state index in [0.29, 0.717) is 5.56 Å². The number of hydrogen-bond donors (Lipinski definition) is 0. The van der Waals surface area contributed by atoms with Crippen molar-refractivity contribution in [1.82, 2.24) is 19.9 Å². The van der Waals surface area contributed by atoms with Crippen molar-refractivity contribution in [2.24, 2.45) is 0 Å². The molecule has 0 amide bonds. The first-order valence-electron chi connectivity index (χ1n) is 6.67. The molecular formula is C14H21Cl4N5O4S2. The fraction of sp³-hybridized carbons (Fsp3) is 0.429. The maximum absolute atomic E-state index is 11.1. The third-order valence-electron chi connectivity index (χ3n) is 2.73. The van der Waals surface area contributed by atoms with Crippen molar-refractivity contribution >= 4 is 72.0 Å². The number of halogens is 4. The molecule has 0 fully saturated rings. The zero-order valence-electron chi connectivity index (χ0n) is 14.1. The van der Waals surface area contributed by atoms with Crippen LogP contribution in [0.1, 0.15) is 20.4 Å². The molecule has 0 unspecified atom stereocenters. The van der Waals surface area contributed by atoms with Gasteiger partial charge in [0.05, 0.1) is 18.2 Å². The highest BCUT2D eigenvalue weighted by Gasteiger charge is 2.16. The van der Waals surface area contributed by atoms with Crippen molar-refractivity contribution in [3.63, 3.8) is 0 Å². The third kappa shape index (κ3) is 10.6. The van der Waals surface area contributed by atoms with Crippen LogP contribution < -0.4 is 4.31 Å². The number of nitrogens with zero attached hydrogens (tertiary/aromatic N) is 5. The summed E-state index contributed by atoms with van der Waals surface area (Å²) in [6.45, 7) is 0. The van der Waals surface area contributed by atoms with E-state index in [1.807, 2.05) is 0 Å². The van der Waals surface area contributed by atoms with E-state index in [0.717, 1.165) is 16.8 Å². The van der Waals surface area contributed by atoms with Crippen LogP contribution in [0, 0.1) is 0 Å². The first-order valence-corrected chi connectivity index (χ1v) is 12.1. The molecule has 15 heteroatoms. The van der Waals surface area contributed by atoms with Gasteiger partial charge in [0, 0.05) is 25.1 Å². The van der Waals surface area contributed by atoms with E-state index in [-0.39, 0.29) is 47.2 Å². The summed E-state index contributed by atoms with van der Waals surface area (Å²) in [6.07, 6.45) is 4.72. The van der Waals surface area contributed by atoms with Gasteiger partial charge in [-0.3, -0.25) is 4.31 Å². The lowest BCUT2D eigenvalue weighted by Crippen LogP contribution is -2.25. The second kappa shape index (κ2) is 12.0. The lowest BCUT2D eigenvalue weighted by Gasteiger charge is -2.16. The Hall–Kier alpha value is -0.980. The molecule has 0 bridgehead atoms. The summed E-state index contributed by atoms with van der Waals surface area (Å²) in [5, 5.41) is 0.0475. The molecule has 0 spiro atoms. The van der Waals surface area contributed by atoms with Gasteiger partial charge >= 0.3 is 0 Å². The summed E-state index contributed by atoms with van der Waals surface area (Å²) in [4.78, 5) is 14.5. The minimum absolute atomic E-state index is 0. The molecule has 0 radical (unpaired) electrons. The predicted octanol–water partition coefficient (Wildman–Crippen LogP) is 3.78.